The van der Waals surface area contributed by atoms with Crippen LogP contribution in [0.15, 0.2) is 16.8 Å². The van der Waals surface area contributed by atoms with Crippen molar-refractivity contribution in [3.05, 3.63) is 22.4 Å². The van der Waals surface area contributed by atoms with Crippen molar-refractivity contribution in [3.8, 4) is 0 Å². The Balaban J connectivity index is 2.54. The van der Waals surface area contributed by atoms with Crippen molar-refractivity contribution in [2.24, 2.45) is 0 Å². The highest BCUT2D eigenvalue weighted by Gasteiger charge is 2.27. The van der Waals surface area contributed by atoms with E-state index in [1.54, 1.807) is 0 Å². The van der Waals surface area contributed by atoms with E-state index in [4.69, 9.17) is 10.2 Å². The van der Waals surface area contributed by atoms with E-state index in [9.17, 15) is 19.0 Å². The highest BCUT2D eigenvalue weighted by Crippen LogP contribution is 2.37. The molecule has 20 heavy (non-hydrogen) atoms. The van der Waals surface area contributed by atoms with Gasteiger partial charge in [-0.05, 0) is 35.2 Å². The normalized spacial score (nSPS) is 15.4. The van der Waals surface area contributed by atoms with Crippen molar-refractivity contribution in [3.63, 3.8) is 0 Å². The number of thiophene rings is 1. The molecule has 0 aliphatic rings. The van der Waals surface area contributed by atoms with Gasteiger partial charge in [0.1, 0.15) is 6.04 Å². The molecule has 7 nitrogen and oxygen atoms in total. The lowest BCUT2D eigenvalue weighted by Gasteiger charge is -2.18. The van der Waals surface area contributed by atoms with Crippen LogP contribution in [0.2, 0.25) is 0 Å². The number of carboxylic acid groups (broad SMARTS) is 2. The largest absolute Gasteiger partial charge is 0.481 e. The number of aliphatic carboxylic acids is 2. The molecule has 1 aromatic rings. The molecule has 2 atom stereocenters. The van der Waals surface area contributed by atoms with Crippen LogP contribution in [0.25, 0.3) is 0 Å². The first-order chi connectivity index (χ1) is 9.30. The maximum atomic E-state index is 11.9. The van der Waals surface area contributed by atoms with Crippen LogP contribution in [0.5, 0.6) is 0 Å². The molecule has 4 N–H and O–H groups in total. The lowest BCUT2D eigenvalue weighted by atomic mass is 10.2. The second kappa shape index (κ2) is 7.54. The van der Waals surface area contributed by atoms with Crippen molar-refractivity contribution >= 4 is 30.8 Å². The summed E-state index contributed by atoms with van der Waals surface area (Å²) in [5.41, 5.74) is 0.906. The molecule has 1 heterocycles. The van der Waals surface area contributed by atoms with Gasteiger partial charge in [-0.3, -0.25) is 14.2 Å². The van der Waals surface area contributed by atoms with Gasteiger partial charge in [-0.2, -0.15) is 11.3 Å². The summed E-state index contributed by atoms with van der Waals surface area (Å²) in [6, 6.07) is 0.480. The van der Waals surface area contributed by atoms with E-state index in [1.807, 2.05) is 16.8 Å². The Morgan fingerprint density at radius 2 is 2.10 bits per heavy atom. The average molecular weight is 321 g/mol. The van der Waals surface area contributed by atoms with Gasteiger partial charge in [-0.1, -0.05) is 0 Å². The topological polar surface area (TPSA) is 124 Å². The van der Waals surface area contributed by atoms with Gasteiger partial charge in [0.15, 0.2) is 0 Å². The number of hydrogen-bond donors (Lipinski definition) is 4. The average Bonchev–Trinajstić information content (AvgIpc) is 2.84. The Bertz CT molecular complexity index is 503. The third kappa shape index (κ3) is 6.29. The molecule has 112 valence electrons. The Labute approximate surface area is 119 Å². The van der Waals surface area contributed by atoms with E-state index in [0.717, 1.165) is 5.56 Å². The standard InChI is InChI=1S/C11H16NO6PS/c13-10(14)2-1-9(11(15)16)12-19(17,18)5-3-8-4-6-20-7-8/h4,6-7,9H,1-3,5H2,(H,13,14)(H,15,16)(H2,12,17,18). The van der Waals surface area contributed by atoms with E-state index in [1.165, 1.54) is 11.3 Å². The highest BCUT2D eigenvalue weighted by molar-refractivity contribution is 7.55. The fourth-order valence-electron chi connectivity index (χ4n) is 1.53. The smallest absolute Gasteiger partial charge is 0.321 e. The molecule has 1 aromatic heterocycles. The number of rotatable bonds is 9. The number of aryl methyl sites for hydroxylation is 1. The molecule has 2 unspecified atom stereocenters. The molecule has 0 amide bonds. The van der Waals surface area contributed by atoms with Crippen molar-refractivity contribution < 1.29 is 29.3 Å². The Kier molecular flexibility index (Phi) is 6.35. The molecule has 0 spiro atoms. The lowest BCUT2D eigenvalue weighted by Crippen LogP contribution is -2.35. The van der Waals surface area contributed by atoms with E-state index in [0.29, 0.717) is 6.42 Å². The molecule has 0 bridgehead atoms. The minimum absolute atomic E-state index is 0.0966. The van der Waals surface area contributed by atoms with Crippen LogP contribution in [0, 0.1) is 0 Å². The van der Waals surface area contributed by atoms with Gasteiger partial charge in [-0.15, -0.1) is 0 Å². The first-order valence-electron chi connectivity index (χ1n) is 5.85. The highest BCUT2D eigenvalue weighted by atomic mass is 32.1. The van der Waals surface area contributed by atoms with E-state index >= 15 is 0 Å². The Morgan fingerprint density at radius 3 is 2.60 bits per heavy atom. The van der Waals surface area contributed by atoms with E-state index < -0.39 is 25.5 Å². The maximum Gasteiger partial charge on any atom is 0.321 e. The Hall–Kier alpha value is -1.21. The van der Waals surface area contributed by atoms with Crippen LogP contribution in [-0.4, -0.2) is 39.2 Å². The van der Waals surface area contributed by atoms with E-state index in [-0.39, 0.29) is 19.0 Å². The van der Waals surface area contributed by atoms with Gasteiger partial charge >= 0.3 is 11.9 Å². The molecule has 0 aliphatic carbocycles. The van der Waals surface area contributed by atoms with Crippen molar-refractivity contribution in [1.29, 1.82) is 0 Å². The summed E-state index contributed by atoms with van der Waals surface area (Å²) in [5, 5.41) is 23.3. The predicted molar refractivity (Wildman–Crippen MR) is 74.1 cm³/mol. The summed E-state index contributed by atoms with van der Waals surface area (Å²) in [5.74, 6) is -2.49. The van der Waals surface area contributed by atoms with Crippen molar-refractivity contribution in [2.45, 2.75) is 25.3 Å². The first kappa shape index (κ1) is 16.8. The molecular formula is C11H16NO6PS. The van der Waals surface area contributed by atoms with Crippen molar-refractivity contribution in [2.75, 3.05) is 6.16 Å². The minimum Gasteiger partial charge on any atom is -0.481 e. The minimum atomic E-state index is -3.82. The Morgan fingerprint density at radius 1 is 1.40 bits per heavy atom. The molecule has 0 aromatic carbocycles. The molecule has 1 rings (SSSR count). The zero-order valence-electron chi connectivity index (χ0n) is 10.6. The third-order valence-corrected chi connectivity index (χ3v) is 4.86. The molecule has 0 saturated heterocycles. The summed E-state index contributed by atoms with van der Waals surface area (Å²) in [4.78, 5) is 31.1. The number of nitrogens with one attached hydrogen (secondary N) is 1. The van der Waals surface area contributed by atoms with Gasteiger partial charge in [0.05, 0.1) is 0 Å². The fourth-order valence-corrected chi connectivity index (χ4v) is 3.65. The SMILES string of the molecule is O=C(O)CCC(NP(=O)(O)CCc1ccsc1)C(=O)O. The van der Waals surface area contributed by atoms with Crippen LogP contribution >= 0.6 is 18.9 Å². The van der Waals surface area contributed by atoms with Gasteiger partial charge in [0, 0.05) is 12.6 Å². The first-order valence-corrected chi connectivity index (χ1v) is 8.64. The van der Waals surface area contributed by atoms with Crippen LogP contribution < -0.4 is 5.09 Å². The van der Waals surface area contributed by atoms with Crippen LogP contribution in [-0.2, 0) is 20.6 Å². The van der Waals surface area contributed by atoms with Crippen molar-refractivity contribution in [1.82, 2.24) is 5.09 Å². The van der Waals surface area contributed by atoms with Gasteiger partial charge in [0.25, 0.3) is 7.52 Å². The molecule has 0 saturated carbocycles. The summed E-state index contributed by atoms with van der Waals surface area (Å²) in [6.45, 7) is 0. The molecular weight excluding hydrogens is 305 g/mol. The molecule has 9 heteroatoms. The second-order valence-corrected chi connectivity index (χ2v) is 7.15. The second-order valence-electron chi connectivity index (χ2n) is 4.26. The van der Waals surface area contributed by atoms with Crippen LogP contribution in [0.4, 0.5) is 0 Å². The summed E-state index contributed by atoms with van der Waals surface area (Å²) >= 11 is 1.47. The quantitative estimate of drug-likeness (QED) is 0.506. The van der Waals surface area contributed by atoms with Crippen LogP contribution in [0.3, 0.4) is 0 Å². The molecule has 0 radical (unpaired) electrons. The molecule has 0 aliphatic heterocycles. The summed E-state index contributed by atoms with van der Waals surface area (Å²) in [6.07, 6.45) is -0.363. The zero-order valence-corrected chi connectivity index (χ0v) is 12.3. The van der Waals surface area contributed by atoms with Gasteiger partial charge < -0.3 is 15.1 Å². The van der Waals surface area contributed by atoms with Crippen LogP contribution in [0.1, 0.15) is 18.4 Å². The predicted octanol–water partition coefficient (Wildman–Crippen LogP) is 1.38. The third-order valence-electron chi connectivity index (χ3n) is 2.59. The summed E-state index contributed by atoms with van der Waals surface area (Å²) in [7, 11) is -3.82. The lowest BCUT2D eigenvalue weighted by molar-refractivity contribution is -0.140. The van der Waals surface area contributed by atoms with E-state index in [2.05, 4.69) is 5.09 Å². The molecule has 0 fully saturated rings. The zero-order chi connectivity index (χ0) is 15.2. The summed E-state index contributed by atoms with van der Waals surface area (Å²) < 4.78 is 11.9. The number of hydrogen-bond acceptors (Lipinski definition) is 4. The van der Waals surface area contributed by atoms with Gasteiger partial charge in [-0.25, -0.2) is 5.09 Å². The number of carboxylic acids is 2. The fraction of sp³-hybridized carbons (Fsp3) is 0.455. The maximum absolute atomic E-state index is 11.9. The monoisotopic (exact) mass is 321 g/mol. The number of carbonyl (C=O) groups is 2. The van der Waals surface area contributed by atoms with Gasteiger partial charge in [0.2, 0.25) is 0 Å².